The van der Waals surface area contributed by atoms with Gasteiger partial charge in [-0.15, -0.1) is 5.10 Å². The van der Waals surface area contributed by atoms with Gasteiger partial charge in [-0.05, 0) is 32.9 Å². The molecule has 0 aliphatic heterocycles. The third-order valence-electron chi connectivity index (χ3n) is 2.40. The van der Waals surface area contributed by atoms with Crippen LogP contribution >= 0.6 is 11.8 Å². The minimum Gasteiger partial charge on any atom is -0.396 e. The predicted octanol–water partition coefficient (Wildman–Crippen LogP) is 1.24. The summed E-state index contributed by atoms with van der Waals surface area (Å²) in [6, 6.07) is 0. The molecule has 0 amide bonds. The lowest BCUT2D eigenvalue weighted by Crippen LogP contribution is -2.22. The maximum atomic E-state index is 8.64. The van der Waals surface area contributed by atoms with Gasteiger partial charge in [0.15, 0.2) is 0 Å². The van der Waals surface area contributed by atoms with Crippen LogP contribution in [0.25, 0.3) is 0 Å². The molecule has 1 aromatic heterocycles. The van der Waals surface area contributed by atoms with E-state index in [0.717, 1.165) is 36.7 Å². The zero-order valence-corrected chi connectivity index (χ0v) is 12.3. The number of aliphatic hydroxyl groups excluding tert-OH is 1. The Hall–Kier alpha value is -0.590. The number of nitrogens with zero attached hydrogens (tertiary/aromatic N) is 3. The van der Waals surface area contributed by atoms with Crippen LogP contribution < -0.4 is 5.32 Å². The Morgan fingerprint density at radius 3 is 2.78 bits per heavy atom. The Bertz CT molecular complexity index is 335. The molecule has 0 saturated heterocycles. The second-order valence-corrected chi connectivity index (χ2v) is 6.42. The summed E-state index contributed by atoms with van der Waals surface area (Å²) in [4.78, 5) is 0. The maximum absolute atomic E-state index is 8.64. The summed E-state index contributed by atoms with van der Waals surface area (Å²) in [5.74, 6) is 2.09. The van der Waals surface area contributed by atoms with Crippen LogP contribution in [-0.2, 0) is 12.1 Å². The Labute approximate surface area is 113 Å². The number of rotatable bonds is 8. The number of hydrogen-bond acceptors (Lipinski definition) is 5. The molecule has 5 nitrogen and oxygen atoms in total. The van der Waals surface area contributed by atoms with Crippen molar-refractivity contribution in [2.45, 2.75) is 39.3 Å². The molecular weight excluding hydrogens is 248 g/mol. The summed E-state index contributed by atoms with van der Waals surface area (Å²) in [6.07, 6.45) is 2.87. The van der Waals surface area contributed by atoms with E-state index in [4.69, 9.17) is 5.11 Å². The molecule has 0 aliphatic carbocycles. The molecule has 0 fully saturated rings. The average Bonchev–Trinajstić information content (AvgIpc) is 2.76. The van der Waals surface area contributed by atoms with E-state index in [1.165, 1.54) is 0 Å². The summed E-state index contributed by atoms with van der Waals surface area (Å²) < 4.78 is 1.89. The Morgan fingerprint density at radius 2 is 2.17 bits per heavy atom. The third-order valence-corrected chi connectivity index (χ3v) is 3.47. The van der Waals surface area contributed by atoms with Crippen LogP contribution in [0.1, 0.15) is 32.9 Å². The highest BCUT2D eigenvalue weighted by Crippen LogP contribution is 2.11. The highest BCUT2D eigenvalue weighted by atomic mass is 32.2. The standard InChI is InChI=1S/C12H24N4OS/c1-12(2,3)16-10-11(14-15-16)9-13-5-8-18-7-4-6-17/h10,13,17H,4-9H2,1-3H3. The van der Waals surface area contributed by atoms with Crippen molar-refractivity contribution in [2.24, 2.45) is 0 Å². The van der Waals surface area contributed by atoms with E-state index in [9.17, 15) is 0 Å². The quantitative estimate of drug-likeness (QED) is 0.697. The van der Waals surface area contributed by atoms with Gasteiger partial charge in [-0.25, -0.2) is 4.68 Å². The average molecular weight is 272 g/mol. The molecule has 0 aromatic carbocycles. The molecule has 0 atom stereocenters. The van der Waals surface area contributed by atoms with Gasteiger partial charge in [-0.2, -0.15) is 11.8 Å². The van der Waals surface area contributed by atoms with Crippen LogP contribution in [0.2, 0.25) is 0 Å². The smallest absolute Gasteiger partial charge is 0.0965 e. The van der Waals surface area contributed by atoms with E-state index < -0.39 is 0 Å². The first-order chi connectivity index (χ1) is 8.54. The second-order valence-electron chi connectivity index (χ2n) is 5.19. The van der Waals surface area contributed by atoms with Gasteiger partial charge in [0.2, 0.25) is 0 Å². The Kier molecular flexibility index (Phi) is 6.67. The van der Waals surface area contributed by atoms with Gasteiger partial charge in [0.25, 0.3) is 0 Å². The van der Waals surface area contributed by atoms with Crippen LogP contribution in [0.15, 0.2) is 6.20 Å². The lowest BCUT2D eigenvalue weighted by Gasteiger charge is -2.17. The normalized spacial score (nSPS) is 12.0. The largest absolute Gasteiger partial charge is 0.396 e. The van der Waals surface area contributed by atoms with Crippen molar-refractivity contribution in [3.63, 3.8) is 0 Å². The first-order valence-electron chi connectivity index (χ1n) is 6.35. The minimum atomic E-state index is -0.00854. The molecule has 1 heterocycles. The van der Waals surface area contributed by atoms with Crippen LogP contribution in [0.3, 0.4) is 0 Å². The molecule has 104 valence electrons. The second kappa shape index (κ2) is 7.76. The van der Waals surface area contributed by atoms with E-state index in [1.807, 2.05) is 22.6 Å². The predicted molar refractivity (Wildman–Crippen MR) is 75.8 cm³/mol. The van der Waals surface area contributed by atoms with Gasteiger partial charge in [-0.1, -0.05) is 5.21 Å². The topological polar surface area (TPSA) is 63.0 Å². The fourth-order valence-corrected chi connectivity index (χ4v) is 2.16. The first kappa shape index (κ1) is 15.5. The van der Waals surface area contributed by atoms with Gasteiger partial charge in [0, 0.05) is 25.4 Å². The zero-order valence-electron chi connectivity index (χ0n) is 11.5. The number of aromatic nitrogens is 3. The number of hydrogen-bond donors (Lipinski definition) is 2. The Balaban J connectivity index is 2.14. The monoisotopic (exact) mass is 272 g/mol. The molecule has 2 N–H and O–H groups in total. The lowest BCUT2D eigenvalue weighted by atomic mass is 10.1. The van der Waals surface area contributed by atoms with E-state index in [1.54, 1.807) is 0 Å². The van der Waals surface area contributed by atoms with Crippen molar-refractivity contribution < 1.29 is 5.11 Å². The van der Waals surface area contributed by atoms with Gasteiger partial charge >= 0.3 is 0 Å². The third kappa shape index (κ3) is 5.84. The molecular formula is C12H24N4OS. The first-order valence-corrected chi connectivity index (χ1v) is 7.50. The molecule has 0 spiro atoms. The molecule has 18 heavy (non-hydrogen) atoms. The van der Waals surface area contributed by atoms with Crippen molar-refractivity contribution in [1.82, 2.24) is 20.3 Å². The van der Waals surface area contributed by atoms with Gasteiger partial charge in [0.05, 0.1) is 17.4 Å². The number of nitrogens with one attached hydrogen (secondary N) is 1. The molecule has 6 heteroatoms. The summed E-state index contributed by atoms with van der Waals surface area (Å²) in [6.45, 7) is 8.33. The molecule has 1 rings (SSSR count). The van der Waals surface area contributed by atoms with E-state index in [0.29, 0.717) is 0 Å². The Morgan fingerprint density at radius 1 is 1.39 bits per heavy atom. The van der Waals surface area contributed by atoms with Crippen molar-refractivity contribution in [3.8, 4) is 0 Å². The fraction of sp³-hybridized carbons (Fsp3) is 0.833. The highest BCUT2D eigenvalue weighted by Gasteiger charge is 2.14. The van der Waals surface area contributed by atoms with Crippen molar-refractivity contribution in [3.05, 3.63) is 11.9 Å². The maximum Gasteiger partial charge on any atom is 0.0965 e. The zero-order chi connectivity index (χ0) is 13.4. The van der Waals surface area contributed by atoms with Crippen LogP contribution in [-0.4, -0.2) is 44.8 Å². The fourth-order valence-electron chi connectivity index (χ4n) is 1.34. The van der Waals surface area contributed by atoms with Gasteiger partial charge < -0.3 is 10.4 Å². The van der Waals surface area contributed by atoms with Gasteiger partial charge in [-0.3, -0.25) is 0 Å². The molecule has 0 saturated carbocycles. The SMILES string of the molecule is CC(C)(C)n1cc(CNCCSCCCO)nn1. The highest BCUT2D eigenvalue weighted by molar-refractivity contribution is 7.99. The van der Waals surface area contributed by atoms with Crippen LogP contribution in [0.4, 0.5) is 0 Å². The van der Waals surface area contributed by atoms with Gasteiger partial charge in [0.1, 0.15) is 0 Å². The number of aliphatic hydroxyl groups is 1. The summed E-state index contributed by atoms with van der Waals surface area (Å²) in [5.41, 5.74) is 0.969. The number of thioether (sulfide) groups is 1. The summed E-state index contributed by atoms with van der Waals surface area (Å²) in [5, 5.41) is 20.2. The molecule has 0 aliphatic rings. The van der Waals surface area contributed by atoms with E-state index in [-0.39, 0.29) is 12.1 Å². The van der Waals surface area contributed by atoms with Crippen molar-refractivity contribution in [1.29, 1.82) is 0 Å². The molecule has 0 bridgehead atoms. The molecule has 0 unspecified atom stereocenters. The van der Waals surface area contributed by atoms with Crippen LogP contribution in [0, 0.1) is 0 Å². The van der Waals surface area contributed by atoms with Crippen molar-refractivity contribution in [2.75, 3.05) is 24.7 Å². The minimum absolute atomic E-state index is 0.00854. The summed E-state index contributed by atoms with van der Waals surface area (Å²) in [7, 11) is 0. The molecule has 0 radical (unpaired) electrons. The summed E-state index contributed by atoms with van der Waals surface area (Å²) >= 11 is 1.86. The van der Waals surface area contributed by atoms with E-state index in [2.05, 4.69) is 36.4 Å². The van der Waals surface area contributed by atoms with Crippen molar-refractivity contribution >= 4 is 11.8 Å². The van der Waals surface area contributed by atoms with E-state index >= 15 is 0 Å². The molecule has 1 aromatic rings. The van der Waals surface area contributed by atoms with Crippen LogP contribution in [0.5, 0.6) is 0 Å². The lowest BCUT2D eigenvalue weighted by molar-refractivity contribution is 0.296.